The first-order valence-corrected chi connectivity index (χ1v) is 10.7. The number of rotatable bonds is 5. The highest BCUT2D eigenvalue weighted by atomic mass is 16.5. The van der Waals surface area contributed by atoms with Crippen LogP contribution in [0, 0.1) is 0 Å². The number of ether oxygens (including phenoxy) is 2. The lowest BCUT2D eigenvalue weighted by Gasteiger charge is -2.36. The number of nitrogens with zero attached hydrogens (tertiary/aromatic N) is 4. The van der Waals surface area contributed by atoms with E-state index >= 15 is 0 Å². The van der Waals surface area contributed by atoms with Crippen LogP contribution in [0.5, 0.6) is 11.5 Å². The van der Waals surface area contributed by atoms with E-state index in [2.05, 4.69) is 20.9 Å². The number of aromatic nitrogens is 2. The third-order valence-electron chi connectivity index (χ3n) is 6.14. The number of likely N-dealkylation sites (tertiary alicyclic amines) is 2. The Hall–Kier alpha value is -3.20. The van der Waals surface area contributed by atoms with Crippen LogP contribution in [0.1, 0.15) is 41.2 Å². The van der Waals surface area contributed by atoms with Crippen LogP contribution in [0.2, 0.25) is 0 Å². The second kappa shape index (κ2) is 11.4. The molecule has 4 rings (SSSR count). The number of amides is 1. The Labute approximate surface area is 188 Å². The molecule has 2 saturated heterocycles. The lowest BCUT2D eigenvalue weighted by molar-refractivity contribution is -0.122. The summed E-state index contributed by atoms with van der Waals surface area (Å²) in [4.78, 5) is 33.6. The van der Waals surface area contributed by atoms with Crippen molar-refractivity contribution in [1.29, 1.82) is 0 Å². The quantitative estimate of drug-likeness (QED) is 0.704. The van der Waals surface area contributed by atoms with Gasteiger partial charge in [-0.25, -0.2) is 4.98 Å². The summed E-state index contributed by atoms with van der Waals surface area (Å²) in [6, 6.07) is 6.65. The molecule has 0 bridgehead atoms. The summed E-state index contributed by atoms with van der Waals surface area (Å²) in [5.74, 6) is 2.07. The fraction of sp³-hybridized carbons (Fsp3) is 0.478. The van der Waals surface area contributed by atoms with Gasteiger partial charge in [0.2, 0.25) is 0 Å². The maximum Gasteiger partial charge on any atom is 0.290 e. The fourth-order valence-electron chi connectivity index (χ4n) is 4.61. The van der Waals surface area contributed by atoms with Gasteiger partial charge in [0, 0.05) is 49.6 Å². The first kappa shape index (κ1) is 23.5. The van der Waals surface area contributed by atoms with Gasteiger partial charge in [-0.2, -0.15) is 0 Å². The zero-order chi connectivity index (χ0) is 22.9. The number of para-hydroxylation sites is 1. The third kappa shape index (κ3) is 5.34. The summed E-state index contributed by atoms with van der Waals surface area (Å²) in [6.45, 7) is 3.38. The van der Waals surface area contributed by atoms with E-state index in [4.69, 9.17) is 19.4 Å². The van der Waals surface area contributed by atoms with Gasteiger partial charge in [-0.1, -0.05) is 12.1 Å². The van der Waals surface area contributed by atoms with E-state index in [-0.39, 0.29) is 12.4 Å². The van der Waals surface area contributed by atoms with Crippen molar-refractivity contribution < 1.29 is 24.2 Å². The molecular weight excluding hydrogens is 412 g/mol. The van der Waals surface area contributed by atoms with Gasteiger partial charge in [-0.05, 0) is 31.9 Å². The van der Waals surface area contributed by atoms with Crippen LogP contribution in [0.3, 0.4) is 0 Å². The maximum absolute atomic E-state index is 12.6. The first-order valence-electron chi connectivity index (χ1n) is 10.7. The zero-order valence-corrected chi connectivity index (χ0v) is 18.5. The molecule has 0 saturated carbocycles. The van der Waals surface area contributed by atoms with Gasteiger partial charge in [-0.15, -0.1) is 0 Å². The molecule has 1 N–H and O–H groups in total. The van der Waals surface area contributed by atoms with E-state index < -0.39 is 0 Å². The van der Waals surface area contributed by atoms with Gasteiger partial charge in [0.25, 0.3) is 12.4 Å². The summed E-state index contributed by atoms with van der Waals surface area (Å²) in [5.41, 5.74) is 1.65. The van der Waals surface area contributed by atoms with Crippen LogP contribution < -0.4 is 9.47 Å². The number of carbonyl (C=O) groups is 2. The molecule has 2 aliphatic heterocycles. The van der Waals surface area contributed by atoms with Gasteiger partial charge < -0.3 is 19.5 Å². The van der Waals surface area contributed by atoms with Crippen molar-refractivity contribution in [3.8, 4) is 11.5 Å². The molecule has 2 aliphatic rings. The zero-order valence-electron chi connectivity index (χ0n) is 18.5. The molecule has 0 radical (unpaired) electrons. The van der Waals surface area contributed by atoms with E-state index in [1.165, 1.54) is 5.56 Å². The molecule has 1 aromatic heterocycles. The minimum absolute atomic E-state index is 0.0167. The Morgan fingerprint density at radius 1 is 1.12 bits per heavy atom. The Morgan fingerprint density at radius 2 is 1.88 bits per heavy atom. The number of piperidine rings is 1. The van der Waals surface area contributed by atoms with Gasteiger partial charge in [0.1, 0.15) is 5.69 Å². The monoisotopic (exact) mass is 442 g/mol. The molecule has 1 unspecified atom stereocenters. The normalized spacial score (nSPS) is 19.1. The van der Waals surface area contributed by atoms with Crippen LogP contribution in [-0.4, -0.2) is 83.7 Å². The van der Waals surface area contributed by atoms with Crippen LogP contribution in [0.25, 0.3) is 0 Å². The number of carbonyl (C=O) groups excluding carboxylic acids is 1. The van der Waals surface area contributed by atoms with Gasteiger partial charge in [0.15, 0.2) is 11.5 Å². The topological polar surface area (TPSA) is 105 Å². The molecular formula is C23H30N4O5. The number of hydrogen-bond acceptors (Lipinski definition) is 7. The number of hydrogen-bond donors (Lipinski definition) is 1. The van der Waals surface area contributed by atoms with E-state index in [1.54, 1.807) is 32.8 Å². The maximum atomic E-state index is 12.6. The summed E-state index contributed by atoms with van der Waals surface area (Å²) >= 11 is 0. The highest BCUT2D eigenvalue weighted by Gasteiger charge is 2.34. The molecule has 32 heavy (non-hydrogen) atoms. The van der Waals surface area contributed by atoms with Crippen molar-refractivity contribution in [3.63, 3.8) is 0 Å². The number of carboxylic acid groups (broad SMARTS) is 1. The van der Waals surface area contributed by atoms with E-state index in [9.17, 15) is 4.79 Å². The third-order valence-corrected chi connectivity index (χ3v) is 6.14. The van der Waals surface area contributed by atoms with Crippen LogP contribution >= 0.6 is 0 Å². The highest BCUT2D eigenvalue weighted by Crippen LogP contribution is 2.40. The fourth-order valence-corrected chi connectivity index (χ4v) is 4.61. The van der Waals surface area contributed by atoms with E-state index in [0.29, 0.717) is 17.7 Å². The summed E-state index contributed by atoms with van der Waals surface area (Å²) < 4.78 is 11.1. The summed E-state index contributed by atoms with van der Waals surface area (Å²) in [5, 5.41) is 6.89. The largest absolute Gasteiger partial charge is 0.493 e. The molecule has 0 aliphatic carbocycles. The van der Waals surface area contributed by atoms with Crippen LogP contribution in [-0.2, 0) is 4.79 Å². The molecule has 1 atom stereocenters. The Kier molecular flexibility index (Phi) is 8.38. The van der Waals surface area contributed by atoms with Gasteiger partial charge in [0.05, 0.1) is 20.4 Å². The second-order valence-electron chi connectivity index (χ2n) is 7.78. The molecule has 0 spiro atoms. The second-order valence-corrected chi connectivity index (χ2v) is 7.78. The van der Waals surface area contributed by atoms with Crippen LogP contribution in [0.4, 0.5) is 0 Å². The van der Waals surface area contributed by atoms with Crippen molar-refractivity contribution in [1.82, 2.24) is 19.8 Å². The van der Waals surface area contributed by atoms with E-state index in [0.717, 1.165) is 56.9 Å². The van der Waals surface area contributed by atoms with Crippen molar-refractivity contribution >= 4 is 12.4 Å². The molecule has 9 heteroatoms. The predicted molar refractivity (Wildman–Crippen MR) is 118 cm³/mol. The van der Waals surface area contributed by atoms with Gasteiger partial charge in [-0.3, -0.25) is 19.5 Å². The first-order chi connectivity index (χ1) is 15.6. The van der Waals surface area contributed by atoms with Crippen molar-refractivity contribution in [2.75, 3.05) is 40.4 Å². The van der Waals surface area contributed by atoms with E-state index in [1.807, 2.05) is 17.0 Å². The van der Waals surface area contributed by atoms with Crippen molar-refractivity contribution in [2.24, 2.45) is 0 Å². The van der Waals surface area contributed by atoms with Crippen LogP contribution in [0.15, 0.2) is 36.8 Å². The Bertz CT molecular complexity index is 887. The number of benzene rings is 1. The predicted octanol–water partition coefficient (Wildman–Crippen LogP) is 2.29. The molecule has 2 fully saturated rings. The molecule has 9 nitrogen and oxygen atoms in total. The van der Waals surface area contributed by atoms with Crippen molar-refractivity contribution in [3.05, 3.63) is 48.0 Å². The van der Waals surface area contributed by atoms with Gasteiger partial charge >= 0.3 is 0 Å². The SMILES string of the molecule is COc1cccc(C2CCN(C3CCN(C(=O)c4cnccn4)CC3)C2)c1OC.O=CO. The summed E-state index contributed by atoms with van der Waals surface area (Å²) in [6.07, 6.45) is 7.80. The lowest BCUT2D eigenvalue weighted by Crippen LogP contribution is -2.46. The minimum Gasteiger partial charge on any atom is -0.493 e. The smallest absolute Gasteiger partial charge is 0.290 e. The molecule has 3 heterocycles. The molecule has 2 aromatic rings. The lowest BCUT2D eigenvalue weighted by atomic mass is 9.96. The average molecular weight is 443 g/mol. The minimum atomic E-state index is -0.250. The summed E-state index contributed by atoms with van der Waals surface area (Å²) in [7, 11) is 3.39. The Balaban J connectivity index is 0.000000913. The average Bonchev–Trinajstić information content (AvgIpc) is 3.34. The van der Waals surface area contributed by atoms with Crippen molar-refractivity contribution in [2.45, 2.75) is 31.2 Å². The standard InChI is InChI=1S/C22H28N4O3.CH2O2/c1-28-20-5-3-4-18(21(20)29-2)16-6-11-26(15-16)17-7-12-25(13-8-17)22(27)19-14-23-9-10-24-19;2-1-3/h3-5,9-10,14,16-17H,6-8,11-13,15H2,1-2H3;1H,(H,2,3). The molecule has 172 valence electrons. The Morgan fingerprint density at radius 3 is 2.50 bits per heavy atom. The highest BCUT2D eigenvalue weighted by molar-refractivity contribution is 5.92. The molecule has 1 aromatic carbocycles. The number of methoxy groups -OCH3 is 2. The molecule has 1 amide bonds.